The van der Waals surface area contributed by atoms with Gasteiger partial charge in [0.25, 0.3) is 0 Å². The van der Waals surface area contributed by atoms with E-state index in [1.165, 1.54) is 30.5 Å². The molecular formula is C17H16O4S. The minimum absolute atomic E-state index is 0.0578. The van der Waals surface area contributed by atoms with Crippen LogP contribution in [-0.2, 0) is 11.2 Å². The van der Waals surface area contributed by atoms with E-state index in [1.54, 1.807) is 12.1 Å². The van der Waals surface area contributed by atoms with Crippen molar-refractivity contribution in [2.24, 2.45) is 0 Å². The Balaban J connectivity index is 2.31. The lowest BCUT2D eigenvalue weighted by molar-refractivity contribution is 0.0582. The highest BCUT2D eigenvalue weighted by molar-refractivity contribution is 7.99. The van der Waals surface area contributed by atoms with Crippen LogP contribution in [0.3, 0.4) is 0 Å². The highest BCUT2D eigenvalue weighted by Crippen LogP contribution is 2.29. The third-order valence-electron chi connectivity index (χ3n) is 3.19. The quantitative estimate of drug-likeness (QED) is 0.848. The molecule has 0 saturated carbocycles. The van der Waals surface area contributed by atoms with Gasteiger partial charge < -0.3 is 9.84 Å². The fourth-order valence-electron chi connectivity index (χ4n) is 1.98. The number of ether oxygens (including phenoxy) is 1. The van der Waals surface area contributed by atoms with Gasteiger partial charge in [0.05, 0.1) is 18.2 Å². The van der Waals surface area contributed by atoms with E-state index in [9.17, 15) is 9.59 Å². The molecule has 2 aromatic carbocycles. The van der Waals surface area contributed by atoms with Crippen LogP contribution in [0.25, 0.3) is 0 Å². The Labute approximate surface area is 133 Å². The molecule has 0 aliphatic carbocycles. The fourth-order valence-corrected chi connectivity index (χ4v) is 2.84. The molecule has 0 aliphatic heterocycles. The third kappa shape index (κ3) is 3.68. The topological polar surface area (TPSA) is 63.6 Å². The van der Waals surface area contributed by atoms with Crippen LogP contribution < -0.4 is 0 Å². The SMILES string of the molecule is CCc1ccc(Sc2ccc(C(=O)O)c(C(=O)OC)c2)cc1. The molecule has 2 aromatic rings. The molecule has 0 saturated heterocycles. The molecule has 0 heterocycles. The molecule has 1 N–H and O–H groups in total. The maximum absolute atomic E-state index is 11.7. The van der Waals surface area contributed by atoms with E-state index in [-0.39, 0.29) is 11.1 Å². The van der Waals surface area contributed by atoms with E-state index in [0.717, 1.165) is 16.2 Å². The first-order valence-electron chi connectivity index (χ1n) is 6.77. The second-order valence-corrected chi connectivity index (χ2v) is 5.75. The van der Waals surface area contributed by atoms with Gasteiger partial charge in [0.1, 0.15) is 0 Å². The van der Waals surface area contributed by atoms with Crippen LogP contribution >= 0.6 is 11.8 Å². The van der Waals surface area contributed by atoms with Gasteiger partial charge in [-0.1, -0.05) is 30.8 Å². The van der Waals surface area contributed by atoms with Crippen LogP contribution in [0.4, 0.5) is 0 Å². The van der Waals surface area contributed by atoms with Gasteiger partial charge in [0, 0.05) is 9.79 Å². The molecule has 0 bridgehead atoms. The van der Waals surface area contributed by atoms with Crippen LogP contribution in [0, 0.1) is 0 Å². The summed E-state index contributed by atoms with van der Waals surface area (Å²) >= 11 is 1.47. The summed E-state index contributed by atoms with van der Waals surface area (Å²) in [4.78, 5) is 24.7. The zero-order valence-corrected chi connectivity index (χ0v) is 13.1. The second-order valence-electron chi connectivity index (χ2n) is 4.60. The predicted octanol–water partition coefficient (Wildman–Crippen LogP) is 3.89. The molecule has 0 atom stereocenters. The Bertz CT molecular complexity index is 692. The molecular weight excluding hydrogens is 300 g/mol. The first-order chi connectivity index (χ1) is 10.5. The van der Waals surface area contributed by atoms with Crippen LogP contribution in [-0.4, -0.2) is 24.2 Å². The second kappa shape index (κ2) is 7.13. The number of carbonyl (C=O) groups is 2. The van der Waals surface area contributed by atoms with Gasteiger partial charge in [-0.05, 0) is 42.3 Å². The number of carboxylic acid groups (broad SMARTS) is 1. The summed E-state index contributed by atoms with van der Waals surface area (Å²) in [5.41, 5.74) is 1.25. The Morgan fingerprint density at radius 3 is 2.23 bits per heavy atom. The molecule has 0 radical (unpaired) electrons. The standard InChI is InChI=1S/C17H16O4S/c1-3-11-4-6-12(7-5-11)22-13-8-9-14(16(18)19)15(10-13)17(20)21-2/h4-10H,3H2,1-2H3,(H,18,19). The maximum atomic E-state index is 11.7. The number of hydrogen-bond acceptors (Lipinski definition) is 4. The Morgan fingerprint density at radius 1 is 1.05 bits per heavy atom. The first kappa shape index (κ1) is 16.1. The minimum Gasteiger partial charge on any atom is -0.478 e. The molecule has 5 heteroatoms. The summed E-state index contributed by atoms with van der Waals surface area (Å²) < 4.78 is 4.65. The summed E-state index contributed by atoms with van der Waals surface area (Å²) in [5.74, 6) is -1.80. The molecule has 2 rings (SSSR count). The molecule has 22 heavy (non-hydrogen) atoms. The fraction of sp³-hybridized carbons (Fsp3) is 0.176. The Hall–Kier alpha value is -2.27. The number of aryl methyl sites for hydroxylation is 1. The summed E-state index contributed by atoms with van der Waals surface area (Å²) in [6.45, 7) is 2.09. The number of carboxylic acids is 1. The molecule has 0 aliphatic rings. The van der Waals surface area contributed by atoms with Gasteiger partial charge in [-0.3, -0.25) is 0 Å². The number of carbonyl (C=O) groups excluding carboxylic acids is 1. The number of benzene rings is 2. The van der Waals surface area contributed by atoms with Crippen molar-refractivity contribution < 1.29 is 19.4 Å². The minimum atomic E-state index is -1.15. The zero-order chi connectivity index (χ0) is 16.1. The highest BCUT2D eigenvalue weighted by Gasteiger charge is 2.17. The van der Waals surface area contributed by atoms with Crippen molar-refractivity contribution in [1.29, 1.82) is 0 Å². The summed E-state index contributed by atoms with van der Waals surface area (Å²) in [7, 11) is 1.23. The Kier molecular flexibility index (Phi) is 5.22. The lowest BCUT2D eigenvalue weighted by Gasteiger charge is -2.08. The van der Waals surface area contributed by atoms with Crippen molar-refractivity contribution in [1.82, 2.24) is 0 Å². The summed E-state index contributed by atoms with van der Waals surface area (Å²) in [6.07, 6.45) is 0.977. The van der Waals surface area contributed by atoms with Crippen molar-refractivity contribution in [2.75, 3.05) is 7.11 Å². The summed E-state index contributed by atoms with van der Waals surface area (Å²) in [6, 6.07) is 12.8. The predicted molar refractivity (Wildman–Crippen MR) is 84.7 cm³/mol. The van der Waals surface area contributed by atoms with Crippen molar-refractivity contribution in [3.8, 4) is 0 Å². The number of aromatic carboxylic acids is 1. The number of methoxy groups -OCH3 is 1. The number of hydrogen-bond donors (Lipinski definition) is 1. The van der Waals surface area contributed by atoms with E-state index in [0.29, 0.717) is 0 Å². The van der Waals surface area contributed by atoms with Gasteiger partial charge in [-0.25, -0.2) is 9.59 Å². The lowest BCUT2D eigenvalue weighted by atomic mass is 10.1. The maximum Gasteiger partial charge on any atom is 0.338 e. The number of esters is 1. The van der Waals surface area contributed by atoms with Crippen LogP contribution in [0.5, 0.6) is 0 Å². The molecule has 0 spiro atoms. The van der Waals surface area contributed by atoms with Crippen LogP contribution in [0.2, 0.25) is 0 Å². The van der Waals surface area contributed by atoms with Crippen molar-refractivity contribution >= 4 is 23.7 Å². The van der Waals surface area contributed by atoms with Crippen LogP contribution in [0.15, 0.2) is 52.3 Å². The van der Waals surface area contributed by atoms with E-state index < -0.39 is 11.9 Å². The lowest BCUT2D eigenvalue weighted by Crippen LogP contribution is -2.10. The molecule has 0 amide bonds. The molecule has 114 valence electrons. The van der Waals surface area contributed by atoms with Crippen molar-refractivity contribution in [3.63, 3.8) is 0 Å². The molecule has 0 unspecified atom stereocenters. The highest BCUT2D eigenvalue weighted by atomic mass is 32.2. The van der Waals surface area contributed by atoms with Gasteiger partial charge in [0.2, 0.25) is 0 Å². The van der Waals surface area contributed by atoms with Gasteiger partial charge in [0.15, 0.2) is 0 Å². The van der Waals surface area contributed by atoms with Gasteiger partial charge >= 0.3 is 11.9 Å². The third-order valence-corrected chi connectivity index (χ3v) is 4.19. The normalized spacial score (nSPS) is 10.3. The van der Waals surface area contributed by atoms with Crippen molar-refractivity contribution in [3.05, 3.63) is 59.2 Å². The summed E-state index contributed by atoms with van der Waals surface area (Å²) in [5, 5.41) is 9.13. The van der Waals surface area contributed by atoms with E-state index in [4.69, 9.17) is 5.11 Å². The van der Waals surface area contributed by atoms with Crippen molar-refractivity contribution in [2.45, 2.75) is 23.1 Å². The molecule has 0 fully saturated rings. The van der Waals surface area contributed by atoms with E-state index in [2.05, 4.69) is 23.8 Å². The Morgan fingerprint density at radius 2 is 1.68 bits per heavy atom. The smallest absolute Gasteiger partial charge is 0.338 e. The monoisotopic (exact) mass is 316 g/mol. The van der Waals surface area contributed by atoms with Gasteiger partial charge in [-0.15, -0.1) is 0 Å². The van der Waals surface area contributed by atoms with Crippen LogP contribution in [0.1, 0.15) is 33.2 Å². The van der Waals surface area contributed by atoms with E-state index >= 15 is 0 Å². The molecule has 0 aromatic heterocycles. The number of rotatable bonds is 5. The average molecular weight is 316 g/mol. The average Bonchev–Trinajstić information content (AvgIpc) is 2.54. The van der Waals surface area contributed by atoms with E-state index in [1.807, 2.05) is 12.1 Å². The largest absolute Gasteiger partial charge is 0.478 e. The zero-order valence-electron chi connectivity index (χ0n) is 12.3. The molecule has 4 nitrogen and oxygen atoms in total. The van der Waals surface area contributed by atoms with Gasteiger partial charge in [-0.2, -0.15) is 0 Å². The first-order valence-corrected chi connectivity index (χ1v) is 7.59.